The van der Waals surface area contributed by atoms with Crippen LogP contribution >= 0.6 is 0 Å². The topological polar surface area (TPSA) is 15.3 Å². The Morgan fingerprint density at radius 2 is 1.71 bits per heavy atom. The van der Waals surface area contributed by atoms with Crippen LogP contribution in [-0.2, 0) is 0 Å². The van der Waals surface area contributed by atoms with Crippen LogP contribution in [0.1, 0.15) is 34.6 Å². The van der Waals surface area contributed by atoms with Crippen LogP contribution in [0.3, 0.4) is 0 Å². The monoisotopic (exact) mass is 196 g/mol. The molecule has 2 bridgehead atoms. The maximum atomic E-state index is 3.70. The molecule has 14 heavy (non-hydrogen) atoms. The van der Waals surface area contributed by atoms with Crippen molar-refractivity contribution in [3.8, 4) is 0 Å². The van der Waals surface area contributed by atoms with Gasteiger partial charge in [-0.1, -0.05) is 20.8 Å². The van der Waals surface area contributed by atoms with E-state index >= 15 is 0 Å². The van der Waals surface area contributed by atoms with E-state index in [1.54, 1.807) is 0 Å². The van der Waals surface area contributed by atoms with E-state index in [1.807, 2.05) is 0 Å². The summed E-state index contributed by atoms with van der Waals surface area (Å²) in [7, 11) is 0. The zero-order valence-electron chi connectivity index (χ0n) is 10.1. The van der Waals surface area contributed by atoms with Gasteiger partial charge in [-0.05, 0) is 32.2 Å². The molecular weight excluding hydrogens is 172 g/mol. The lowest BCUT2D eigenvalue weighted by molar-refractivity contribution is -0.0488. The first kappa shape index (κ1) is 10.4. The van der Waals surface area contributed by atoms with Crippen LogP contribution in [0.5, 0.6) is 0 Å². The molecule has 3 heterocycles. The zero-order valence-corrected chi connectivity index (χ0v) is 10.1. The minimum Gasteiger partial charge on any atom is -0.311 e. The minimum atomic E-state index is 0.737. The SMILES string of the molecule is CC(C)C1C(C)CNC2C(C)N1C2C. The van der Waals surface area contributed by atoms with Crippen molar-refractivity contribution in [3.63, 3.8) is 0 Å². The van der Waals surface area contributed by atoms with E-state index in [1.165, 1.54) is 6.54 Å². The van der Waals surface area contributed by atoms with Crippen molar-refractivity contribution in [1.29, 1.82) is 0 Å². The Kier molecular flexibility index (Phi) is 2.61. The fourth-order valence-corrected chi connectivity index (χ4v) is 3.67. The second-order valence-corrected chi connectivity index (χ2v) is 5.57. The molecule has 4 unspecified atom stereocenters. The van der Waals surface area contributed by atoms with E-state index in [9.17, 15) is 0 Å². The number of hydrogen-bond acceptors (Lipinski definition) is 2. The first-order chi connectivity index (χ1) is 6.54. The Labute approximate surface area is 88.1 Å². The second-order valence-electron chi connectivity index (χ2n) is 5.57. The summed E-state index contributed by atoms with van der Waals surface area (Å²) in [5.74, 6) is 1.56. The van der Waals surface area contributed by atoms with Crippen molar-refractivity contribution in [2.45, 2.75) is 58.8 Å². The molecule has 0 amide bonds. The van der Waals surface area contributed by atoms with E-state index in [-0.39, 0.29) is 0 Å². The zero-order chi connectivity index (χ0) is 10.5. The van der Waals surface area contributed by atoms with E-state index in [4.69, 9.17) is 0 Å². The lowest BCUT2D eigenvalue weighted by Crippen LogP contribution is -2.71. The van der Waals surface area contributed by atoms with Crippen LogP contribution in [0.15, 0.2) is 0 Å². The van der Waals surface area contributed by atoms with Gasteiger partial charge in [-0.15, -0.1) is 0 Å². The Morgan fingerprint density at radius 3 is 2.21 bits per heavy atom. The Balaban J connectivity index is 2.20. The molecule has 3 fully saturated rings. The number of hydrogen-bond donors (Lipinski definition) is 1. The van der Waals surface area contributed by atoms with E-state index in [0.717, 1.165) is 36.0 Å². The quantitative estimate of drug-likeness (QED) is 0.687. The van der Waals surface area contributed by atoms with Gasteiger partial charge in [0, 0.05) is 24.2 Å². The summed E-state index contributed by atoms with van der Waals surface area (Å²) in [6.45, 7) is 13.0. The molecule has 3 aliphatic rings. The number of fused-ring (bicyclic) bond motifs is 3. The van der Waals surface area contributed by atoms with Gasteiger partial charge in [0.25, 0.3) is 0 Å². The fourth-order valence-electron chi connectivity index (χ4n) is 3.67. The predicted molar refractivity (Wildman–Crippen MR) is 60.3 cm³/mol. The van der Waals surface area contributed by atoms with Gasteiger partial charge in [-0.3, -0.25) is 4.90 Å². The maximum absolute atomic E-state index is 3.70. The van der Waals surface area contributed by atoms with E-state index < -0.39 is 0 Å². The van der Waals surface area contributed by atoms with Crippen molar-refractivity contribution in [3.05, 3.63) is 0 Å². The van der Waals surface area contributed by atoms with Gasteiger partial charge in [0.15, 0.2) is 0 Å². The highest BCUT2D eigenvalue weighted by Gasteiger charge is 2.50. The molecule has 3 saturated heterocycles. The molecule has 0 spiro atoms. The summed E-state index contributed by atoms with van der Waals surface area (Å²) in [6.07, 6.45) is 0. The summed E-state index contributed by atoms with van der Waals surface area (Å²) in [6, 6.07) is 2.98. The molecule has 0 aliphatic carbocycles. The molecule has 4 atom stereocenters. The molecule has 1 N–H and O–H groups in total. The molecule has 2 heteroatoms. The van der Waals surface area contributed by atoms with Crippen molar-refractivity contribution in [2.75, 3.05) is 6.54 Å². The fraction of sp³-hybridized carbons (Fsp3) is 1.00. The van der Waals surface area contributed by atoms with Gasteiger partial charge in [-0.25, -0.2) is 0 Å². The van der Waals surface area contributed by atoms with Crippen molar-refractivity contribution in [1.82, 2.24) is 10.2 Å². The normalized spacial score (nSPS) is 52.7. The minimum absolute atomic E-state index is 0.737. The molecule has 0 radical (unpaired) electrons. The smallest absolute Gasteiger partial charge is 0.0375 e. The van der Waals surface area contributed by atoms with Crippen LogP contribution in [0.2, 0.25) is 0 Å². The second kappa shape index (κ2) is 3.49. The third-order valence-electron chi connectivity index (χ3n) is 4.27. The number of rotatable bonds is 1. The molecule has 3 rings (SSSR count). The highest BCUT2D eigenvalue weighted by Crippen LogP contribution is 2.36. The average Bonchev–Trinajstić information content (AvgIpc) is 2.33. The van der Waals surface area contributed by atoms with Crippen molar-refractivity contribution < 1.29 is 0 Å². The van der Waals surface area contributed by atoms with Crippen LogP contribution in [0, 0.1) is 11.8 Å². The highest BCUT2D eigenvalue weighted by molar-refractivity contribution is 5.08. The molecule has 0 aromatic rings. The largest absolute Gasteiger partial charge is 0.311 e. The van der Waals surface area contributed by atoms with E-state index in [0.29, 0.717) is 0 Å². The lowest BCUT2D eigenvalue weighted by Gasteiger charge is -2.55. The van der Waals surface area contributed by atoms with Gasteiger partial charge < -0.3 is 5.32 Å². The van der Waals surface area contributed by atoms with E-state index in [2.05, 4.69) is 44.8 Å². The van der Waals surface area contributed by atoms with Gasteiger partial charge in [-0.2, -0.15) is 0 Å². The Bertz CT molecular complexity index is 204. The summed E-state index contributed by atoms with van der Waals surface area (Å²) in [5, 5.41) is 3.70. The first-order valence-electron chi connectivity index (χ1n) is 6.05. The lowest BCUT2D eigenvalue weighted by atomic mass is 9.82. The van der Waals surface area contributed by atoms with Crippen LogP contribution in [-0.4, -0.2) is 35.6 Å². The third kappa shape index (κ3) is 1.31. The summed E-state index contributed by atoms with van der Waals surface area (Å²) in [4.78, 5) is 2.72. The molecule has 0 saturated carbocycles. The molecular formula is C12H24N2. The van der Waals surface area contributed by atoms with Gasteiger partial charge in [0.05, 0.1) is 0 Å². The van der Waals surface area contributed by atoms with Gasteiger partial charge >= 0.3 is 0 Å². The maximum Gasteiger partial charge on any atom is 0.0375 e. The van der Waals surface area contributed by atoms with Crippen LogP contribution < -0.4 is 5.32 Å². The van der Waals surface area contributed by atoms with Crippen molar-refractivity contribution in [2.24, 2.45) is 11.8 Å². The standard InChI is InChI=1S/C12H24N2/c1-7(2)12-8(3)6-13-11-9(4)14(12)10(11)5/h7-13H,6H2,1-5H3. The first-order valence-corrected chi connectivity index (χ1v) is 6.05. The molecule has 82 valence electrons. The molecule has 3 aliphatic heterocycles. The van der Waals surface area contributed by atoms with Crippen LogP contribution in [0.25, 0.3) is 0 Å². The summed E-state index contributed by atoms with van der Waals surface area (Å²) < 4.78 is 0. The predicted octanol–water partition coefficient (Wildman–Crippen LogP) is 1.71. The number of nitrogens with zero attached hydrogens (tertiary/aromatic N) is 1. The average molecular weight is 196 g/mol. The Hall–Kier alpha value is -0.0800. The van der Waals surface area contributed by atoms with Crippen LogP contribution in [0.4, 0.5) is 0 Å². The van der Waals surface area contributed by atoms with Gasteiger partial charge in [0.1, 0.15) is 0 Å². The van der Waals surface area contributed by atoms with Crippen molar-refractivity contribution >= 4 is 0 Å². The third-order valence-corrected chi connectivity index (χ3v) is 4.27. The summed E-state index contributed by atoms with van der Waals surface area (Å²) in [5.41, 5.74) is 0. The Morgan fingerprint density at radius 1 is 1.14 bits per heavy atom. The number of nitrogens with one attached hydrogen (secondary N) is 1. The molecule has 0 aromatic carbocycles. The summed E-state index contributed by atoms with van der Waals surface area (Å²) >= 11 is 0. The highest BCUT2D eigenvalue weighted by atomic mass is 15.4. The molecule has 0 aromatic heterocycles. The van der Waals surface area contributed by atoms with Gasteiger partial charge in [0.2, 0.25) is 0 Å². The molecule has 2 nitrogen and oxygen atoms in total.